The highest BCUT2D eigenvalue weighted by atomic mass is 19.1. The van der Waals surface area contributed by atoms with Crippen LogP contribution in [-0.4, -0.2) is 66.1 Å². The van der Waals surface area contributed by atoms with Gasteiger partial charge in [0.15, 0.2) is 0 Å². The van der Waals surface area contributed by atoms with E-state index in [4.69, 9.17) is 4.74 Å². The summed E-state index contributed by atoms with van der Waals surface area (Å²) in [5.41, 5.74) is 0. The number of ether oxygens (including phenoxy) is 1. The Morgan fingerprint density at radius 3 is 2.75 bits per heavy atom. The highest BCUT2D eigenvalue weighted by Crippen LogP contribution is 2.26. The highest BCUT2D eigenvalue weighted by Gasteiger charge is 2.33. The van der Waals surface area contributed by atoms with Crippen LogP contribution in [0.2, 0.25) is 0 Å². The van der Waals surface area contributed by atoms with Crippen molar-refractivity contribution >= 4 is 11.9 Å². The number of nitrogens with one attached hydrogen (secondary N) is 1. The predicted octanol–water partition coefficient (Wildman–Crippen LogP) is 2.88. The van der Waals surface area contributed by atoms with E-state index in [1.54, 1.807) is 24.5 Å². The summed E-state index contributed by atoms with van der Waals surface area (Å²) in [4.78, 5) is 25.7. The Morgan fingerprint density at radius 2 is 1.94 bits per heavy atom. The van der Waals surface area contributed by atoms with Gasteiger partial charge in [0.1, 0.15) is 18.2 Å². The van der Waals surface area contributed by atoms with Gasteiger partial charge in [0.05, 0.1) is 0 Å². The maximum absolute atomic E-state index is 12.9. The lowest BCUT2D eigenvalue weighted by Gasteiger charge is -2.36. The molecule has 2 atom stereocenters. The average molecular weight is 442 g/mol. The molecule has 172 valence electrons. The van der Waals surface area contributed by atoms with Crippen LogP contribution in [0.3, 0.4) is 0 Å². The van der Waals surface area contributed by atoms with Crippen LogP contribution in [0.15, 0.2) is 42.7 Å². The number of carbonyl (C=O) groups is 1. The number of likely N-dealkylation sites (tertiary alicyclic amines) is 1. The van der Waals surface area contributed by atoms with E-state index in [1.165, 1.54) is 12.1 Å². The number of benzene rings is 1. The van der Waals surface area contributed by atoms with E-state index in [2.05, 4.69) is 25.1 Å². The number of aromatic nitrogens is 2. The topological polar surface area (TPSA) is 70.6 Å². The van der Waals surface area contributed by atoms with E-state index in [-0.39, 0.29) is 11.7 Å². The summed E-state index contributed by atoms with van der Waals surface area (Å²) >= 11 is 0. The van der Waals surface area contributed by atoms with Crippen molar-refractivity contribution in [1.29, 1.82) is 0 Å². The van der Waals surface area contributed by atoms with Crippen molar-refractivity contribution in [2.45, 2.75) is 38.1 Å². The molecule has 0 bridgehead atoms. The standard InChI is InChI=1S/C24H32FN5O2/c25-20-4-7-22(8-5-20)32-16-14-26-13-10-21-6-9-23(31)30(21)18-19-3-1-15-29(17-19)24-27-11-2-12-28-24/h2,4-5,7-8,11-12,19,21,26H,1,3,6,9-10,13-18H2/t19-,21+/m0/s1. The maximum atomic E-state index is 12.9. The molecule has 0 unspecified atom stereocenters. The van der Waals surface area contributed by atoms with Crippen molar-refractivity contribution in [1.82, 2.24) is 20.2 Å². The monoisotopic (exact) mass is 441 g/mol. The quantitative estimate of drug-likeness (QED) is 0.572. The Kier molecular flexibility index (Phi) is 7.87. The van der Waals surface area contributed by atoms with Gasteiger partial charge in [-0.1, -0.05) is 0 Å². The average Bonchev–Trinajstić information content (AvgIpc) is 3.17. The zero-order valence-corrected chi connectivity index (χ0v) is 18.5. The zero-order chi connectivity index (χ0) is 22.2. The van der Waals surface area contributed by atoms with Crippen LogP contribution >= 0.6 is 0 Å². The Balaban J connectivity index is 1.18. The minimum absolute atomic E-state index is 0.263. The van der Waals surface area contributed by atoms with Gasteiger partial charge < -0.3 is 19.9 Å². The molecule has 1 amide bonds. The molecule has 0 radical (unpaired) electrons. The van der Waals surface area contributed by atoms with E-state index in [0.717, 1.165) is 57.8 Å². The number of anilines is 1. The first-order valence-corrected chi connectivity index (χ1v) is 11.6. The fraction of sp³-hybridized carbons (Fsp3) is 0.542. The molecule has 0 saturated carbocycles. The van der Waals surface area contributed by atoms with Crippen molar-refractivity contribution in [2.75, 3.05) is 44.2 Å². The Hall–Kier alpha value is -2.74. The second-order valence-electron chi connectivity index (χ2n) is 8.58. The van der Waals surface area contributed by atoms with Gasteiger partial charge in [0.25, 0.3) is 0 Å². The van der Waals surface area contributed by atoms with Crippen molar-refractivity contribution in [3.8, 4) is 5.75 Å². The van der Waals surface area contributed by atoms with Crippen LogP contribution in [0, 0.1) is 11.7 Å². The Morgan fingerprint density at radius 1 is 1.12 bits per heavy atom. The minimum Gasteiger partial charge on any atom is -0.492 e. The molecule has 0 aliphatic carbocycles. The third-order valence-corrected chi connectivity index (χ3v) is 6.28. The Labute approximate surface area is 189 Å². The molecular formula is C24H32FN5O2. The number of piperidine rings is 1. The summed E-state index contributed by atoms with van der Waals surface area (Å²) in [6, 6.07) is 8.19. The second-order valence-corrected chi connectivity index (χ2v) is 8.58. The number of carbonyl (C=O) groups excluding carboxylic acids is 1. The van der Waals surface area contributed by atoms with E-state index in [1.807, 2.05) is 6.07 Å². The molecule has 32 heavy (non-hydrogen) atoms. The number of hydrogen-bond acceptors (Lipinski definition) is 6. The Bertz CT molecular complexity index is 851. The number of halogens is 1. The summed E-state index contributed by atoms with van der Waals surface area (Å²) in [6.45, 7) is 4.78. The molecule has 7 nitrogen and oxygen atoms in total. The van der Waals surface area contributed by atoms with Crippen molar-refractivity contribution in [3.05, 3.63) is 48.5 Å². The fourth-order valence-corrected chi connectivity index (χ4v) is 4.64. The molecule has 2 saturated heterocycles. The summed E-state index contributed by atoms with van der Waals surface area (Å²) in [5, 5.41) is 3.40. The molecule has 1 aromatic heterocycles. The van der Waals surface area contributed by atoms with Gasteiger partial charge in [0.2, 0.25) is 11.9 Å². The molecule has 1 aromatic carbocycles. The van der Waals surface area contributed by atoms with Crippen LogP contribution in [0.4, 0.5) is 10.3 Å². The highest BCUT2D eigenvalue weighted by molar-refractivity contribution is 5.78. The normalized spacial score (nSPS) is 21.2. The van der Waals surface area contributed by atoms with Crippen LogP contribution in [0.25, 0.3) is 0 Å². The second kappa shape index (κ2) is 11.2. The first-order chi connectivity index (χ1) is 15.7. The summed E-state index contributed by atoms with van der Waals surface area (Å²) in [6.07, 6.45) is 8.33. The SMILES string of the molecule is O=C1CC[C@H](CCNCCOc2ccc(F)cc2)N1C[C@H]1CCCN(c2ncccn2)C1. The summed E-state index contributed by atoms with van der Waals surface area (Å²) in [5.74, 6) is 1.93. The molecule has 2 fully saturated rings. The fourth-order valence-electron chi connectivity index (χ4n) is 4.64. The minimum atomic E-state index is -0.263. The van der Waals surface area contributed by atoms with E-state index >= 15 is 0 Å². The number of rotatable bonds is 10. The van der Waals surface area contributed by atoms with Gasteiger partial charge in [-0.2, -0.15) is 0 Å². The van der Waals surface area contributed by atoms with Crippen LogP contribution < -0.4 is 15.0 Å². The third kappa shape index (κ3) is 6.16. The van der Waals surface area contributed by atoms with Gasteiger partial charge in [-0.15, -0.1) is 0 Å². The first kappa shape index (κ1) is 22.5. The largest absolute Gasteiger partial charge is 0.492 e. The first-order valence-electron chi connectivity index (χ1n) is 11.6. The van der Waals surface area contributed by atoms with E-state index < -0.39 is 0 Å². The molecule has 2 aliphatic heterocycles. The number of nitrogens with zero attached hydrogens (tertiary/aromatic N) is 4. The zero-order valence-electron chi connectivity index (χ0n) is 18.5. The van der Waals surface area contributed by atoms with Crippen molar-refractivity contribution in [3.63, 3.8) is 0 Å². The van der Waals surface area contributed by atoms with Crippen molar-refractivity contribution < 1.29 is 13.9 Å². The maximum Gasteiger partial charge on any atom is 0.225 e. The molecule has 0 spiro atoms. The number of amides is 1. The van der Waals surface area contributed by atoms with E-state index in [9.17, 15) is 9.18 Å². The van der Waals surface area contributed by atoms with E-state index in [0.29, 0.717) is 37.3 Å². The lowest BCUT2D eigenvalue weighted by atomic mass is 9.97. The van der Waals surface area contributed by atoms with Crippen LogP contribution in [0.5, 0.6) is 5.75 Å². The molecule has 4 rings (SSSR count). The molecule has 2 aromatic rings. The predicted molar refractivity (Wildman–Crippen MR) is 121 cm³/mol. The van der Waals surface area contributed by atoms with Gasteiger partial charge in [-0.05, 0) is 68.5 Å². The third-order valence-electron chi connectivity index (χ3n) is 6.28. The molecule has 3 heterocycles. The van der Waals surface area contributed by atoms with Gasteiger partial charge in [0, 0.05) is 51.0 Å². The van der Waals surface area contributed by atoms with Crippen LogP contribution in [0.1, 0.15) is 32.1 Å². The summed E-state index contributed by atoms with van der Waals surface area (Å²) < 4.78 is 18.5. The van der Waals surface area contributed by atoms with Crippen LogP contribution in [-0.2, 0) is 4.79 Å². The smallest absolute Gasteiger partial charge is 0.225 e. The molecule has 8 heteroatoms. The molecule has 1 N–H and O–H groups in total. The van der Waals surface area contributed by atoms with Gasteiger partial charge >= 0.3 is 0 Å². The van der Waals surface area contributed by atoms with Gasteiger partial charge in [-0.3, -0.25) is 4.79 Å². The lowest BCUT2D eigenvalue weighted by Crippen LogP contribution is -2.44. The summed E-state index contributed by atoms with van der Waals surface area (Å²) in [7, 11) is 0. The van der Waals surface area contributed by atoms with Gasteiger partial charge in [-0.25, -0.2) is 14.4 Å². The number of hydrogen-bond donors (Lipinski definition) is 1. The molecule has 2 aliphatic rings. The lowest BCUT2D eigenvalue weighted by molar-refractivity contribution is -0.129. The molecular weight excluding hydrogens is 409 g/mol. The van der Waals surface area contributed by atoms with Crippen molar-refractivity contribution in [2.24, 2.45) is 5.92 Å².